The summed E-state index contributed by atoms with van der Waals surface area (Å²) < 4.78 is 26.7. The molecule has 124 valence electrons. The SMILES string of the molecule is Cc1nc(CC(C)C)sc1C(=O)N(C)Cc1ccc(F)cc1F. The monoisotopic (exact) mass is 338 g/mol. The average Bonchev–Trinajstić information content (AvgIpc) is 2.80. The highest BCUT2D eigenvalue weighted by Gasteiger charge is 2.20. The Morgan fingerprint density at radius 3 is 2.65 bits per heavy atom. The van der Waals surface area contributed by atoms with Crippen molar-refractivity contribution in [2.45, 2.75) is 33.7 Å². The number of hydrogen-bond donors (Lipinski definition) is 0. The second kappa shape index (κ2) is 7.17. The van der Waals surface area contributed by atoms with Gasteiger partial charge in [0.25, 0.3) is 5.91 Å². The molecule has 0 aliphatic heterocycles. The Morgan fingerprint density at radius 2 is 2.04 bits per heavy atom. The van der Waals surface area contributed by atoms with E-state index in [4.69, 9.17) is 0 Å². The standard InChI is InChI=1S/C17H20F2N2OS/c1-10(2)7-15-20-11(3)16(23-15)17(22)21(4)9-12-5-6-13(18)8-14(12)19/h5-6,8,10H,7,9H2,1-4H3. The summed E-state index contributed by atoms with van der Waals surface area (Å²) in [5.41, 5.74) is 0.980. The number of carbonyl (C=O) groups is 1. The highest BCUT2D eigenvalue weighted by atomic mass is 32.1. The van der Waals surface area contributed by atoms with Gasteiger partial charge in [-0.1, -0.05) is 19.9 Å². The van der Waals surface area contributed by atoms with Crippen LogP contribution in [0.1, 0.15) is 39.8 Å². The molecule has 1 aromatic carbocycles. The molecule has 2 aromatic rings. The lowest BCUT2D eigenvalue weighted by Gasteiger charge is -2.17. The molecule has 6 heteroatoms. The van der Waals surface area contributed by atoms with E-state index in [9.17, 15) is 13.6 Å². The number of carbonyl (C=O) groups excluding carboxylic acids is 1. The van der Waals surface area contributed by atoms with Gasteiger partial charge in [-0.15, -0.1) is 11.3 Å². The fraction of sp³-hybridized carbons (Fsp3) is 0.412. The number of benzene rings is 1. The Balaban J connectivity index is 2.14. The second-order valence-corrected chi connectivity index (χ2v) is 7.10. The number of nitrogens with zero attached hydrogens (tertiary/aromatic N) is 2. The van der Waals surface area contributed by atoms with Crippen molar-refractivity contribution in [1.82, 2.24) is 9.88 Å². The van der Waals surface area contributed by atoms with E-state index in [2.05, 4.69) is 18.8 Å². The molecule has 1 amide bonds. The average molecular weight is 338 g/mol. The molecule has 0 fully saturated rings. The van der Waals surface area contributed by atoms with E-state index in [-0.39, 0.29) is 18.0 Å². The highest BCUT2D eigenvalue weighted by Crippen LogP contribution is 2.23. The number of amides is 1. The van der Waals surface area contributed by atoms with Crippen LogP contribution in [0.5, 0.6) is 0 Å². The molecule has 0 bridgehead atoms. The summed E-state index contributed by atoms with van der Waals surface area (Å²) in [7, 11) is 1.60. The second-order valence-electron chi connectivity index (χ2n) is 6.02. The van der Waals surface area contributed by atoms with Crippen molar-refractivity contribution >= 4 is 17.2 Å². The zero-order valence-electron chi connectivity index (χ0n) is 13.7. The third kappa shape index (κ3) is 4.34. The van der Waals surface area contributed by atoms with Gasteiger partial charge in [0.05, 0.1) is 10.7 Å². The van der Waals surface area contributed by atoms with Crippen molar-refractivity contribution in [1.29, 1.82) is 0 Å². The minimum atomic E-state index is -0.647. The van der Waals surface area contributed by atoms with Crippen molar-refractivity contribution in [2.75, 3.05) is 7.05 Å². The number of aromatic nitrogens is 1. The minimum Gasteiger partial charge on any atom is -0.337 e. The third-order valence-corrected chi connectivity index (χ3v) is 4.56. The lowest BCUT2D eigenvalue weighted by Crippen LogP contribution is -2.26. The summed E-state index contributed by atoms with van der Waals surface area (Å²) in [5, 5.41) is 0.933. The molecule has 0 unspecified atom stereocenters. The molecule has 0 N–H and O–H groups in total. The smallest absolute Gasteiger partial charge is 0.265 e. The van der Waals surface area contributed by atoms with Crippen LogP contribution in [0, 0.1) is 24.5 Å². The summed E-state index contributed by atoms with van der Waals surface area (Å²) in [6.45, 7) is 6.09. The van der Waals surface area contributed by atoms with E-state index in [0.29, 0.717) is 16.5 Å². The van der Waals surface area contributed by atoms with Gasteiger partial charge >= 0.3 is 0 Å². The number of aryl methyl sites for hydroxylation is 1. The van der Waals surface area contributed by atoms with E-state index in [1.807, 2.05) is 0 Å². The molecule has 0 radical (unpaired) electrons. The van der Waals surface area contributed by atoms with Crippen LogP contribution in [-0.2, 0) is 13.0 Å². The third-order valence-electron chi connectivity index (χ3n) is 3.39. The van der Waals surface area contributed by atoms with Gasteiger partial charge in [0.15, 0.2) is 0 Å². The fourth-order valence-corrected chi connectivity index (χ4v) is 3.51. The lowest BCUT2D eigenvalue weighted by atomic mass is 10.1. The van der Waals surface area contributed by atoms with Gasteiger partial charge in [0, 0.05) is 31.6 Å². The molecular weight excluding hydrogens is 318 g/mol. The van der Waals surface area contributed by atoms with Crippen LogP contribution in [0.25, 0.3) is 0 Å². The summed E-state index contributed by atoms with van der Waals surface area (Å²) >= 11 is 1.39. The molecule has 0 spiro atoms. The molecular formula is C17H20F2N2OS. The topological polar surface area (TPSA) is 33.2 Å². The molecule has 0 aliphatic rings. The Labute approximate surface area is 139 Å². The maximum atomic E-state index is 13.7. The largest absolute Gasteiger partial charge is 0.337 e. The summed E-state index contributed by atoms with van der Waals surface area (Å²) in [6.07, 6.45) is 0.828. The molecule has 0 saturated carbocycles. The first-order valence-corrected chi connectivity index (χ1v) is 8.25. The molecule has 0 aliphatic carbocycles. The molecule has 0 saturated heterocycles. The Bertz CT molecular complexity index is 713. The van der Waals surface area contributed by atoms with Crippen LogP contribution in [-0.4, -0.2) is 22.8 Å². The summed E-state index contributed by atoms with van der Waals surface area (Å²) in [4.78, 5) is 19.0. The van der Waals surface area contributed by atoms with Gasteiger partial charge in [-0.25, -0.2) is 13.8 Å². The maximum Gasteiger partial charge on any atom is 0.265 e. The predicted molar refractivity (Wildman–Crippen MR) is 87.5 cm³/mol. The normalized spacial score (nSPS) is 11.1. The van der Waals surface area contributed by atoms with Gasteiger partial charge in [0.2, 0.25) is 0 Å². The zero-order valence-corrected chi connectivity index (χ0v) is 14.5. The Morgan fingerprint density at radius 1 is 1.35 bits per heavy atom. The molecule has 1 heterocycles. The fourth-order valence-electron chi connectivity index (χ4n) is 2.24. The maximum absolute atomic E-state index is 13.7. The van der Waals surface area contributed by atoms with E-state index < -0.39 is 11.6 Å². The highest BCUT2D eigenvalue weighted by molar-refractivity contribution is 7.13. The van der Waals surface area contributed by atoms with Gasteiger partial charge in [0.1, 0.15) is 16.5 Å². The van der Waals surface area contributed by atoms with Crippen LogP contribution in [0.15, 0.2) is 18.2 Å². The number of halogens is 2. The van der Waals surface area contributed by atoms with Gasteiger partial charge in [-0.2, -0.15) is 0 Å². The summed E-state index contributed by atoms with van der Waals surface area (Å²) in [5.74, 6) is -1.00. The number of rotatable bonds is 5. The molecule has 2 rings (SSSR count). The van der Waals surface area contributed by atoms with Crippen molar-refractivity contribution in [3.63, 3.8) is 0 Å². The van der Waals surface area contributed by atoms with E-state index in [0.717, 1.165) is 17.5 Å². The molecule has 3 nitrogen and oxygen atoms in total. The first-order valence-electron chi connectivity index (χ1n) is 7.43. The van der Waals surface area contributed by atoms with E-state index in [1.165, 1.54) is 28.4 Å². The first kappa shape index (κ1) is 17.5. The quantitative estimate of drug-likeness (QED) is 0.818. The number of thiazole rings is 1. The van der Waals surface area contributed by atoms with Crippen LogP contribution in [0.3, 0.4) is 0 Å². The minimum absolute atomic E-state index is 0.0851. The van der Waals surface area contributed by atoms with E-state index >= 15 is 0 Å². The van der Waals surface area contributed by atoms with Crippen LogP contribution >= 0.6 is 11.3 Å². The lowest BCUT2D eigenvalue weighted by molar-refractivity contribution is 0.0787. The van der Waals surface area contributed by atoms with Crippen LogP contribution in [0.2, 0.25) is 0 Å². The van der Waals surface area contributed by atoms with Crippen molar-refractivity contribution < 1.29 is 13.6 Å². The van der Waals surface area contributed by atoms with Gasteiger partial charge < -0.3 is 4.90 Å². The van der Waals surface area contributed by atoms with Crippen molar-refractivity contribution in [3.8, 4) is 0 Å². The molecule has 0 atom stereocenters. The zero-order chi connectivity index (χ0) is 17.1. The summed E-state index contributed by atoms with van der Waals surface area (Å²) in [6, 6.07) is 3.37. The number of hydrogen-bond acceptors (Lipinski definition) is 3. The van der Waals surface area contributed by atoms with Gasteiger partial charge in [-0.3, -0.25) is 4.79 Å². The van der Waals surface area contributed by atoms with Crippen LogP contribution < -0.4 is 0 Å². The predicted octanol–water partition coefficient (Wildman–Crippen LogP) is 4.20. The first-order chi connectivity index (χ1) is 10.8. The Kier molecular flexibility index (Phi) is 5.46. The Hall–Kier alpha value is -1.82. The van der Waals surface area contributed by atoms with Crippen LogP contribution in [0.4, 0.5) is 8.78 Å². The molecule has 23 heavy (non-hydrogen) atoms. The van der Waals surface area contributed by atoms with Crippen molar-refractivity contribution in [3.05, 3.63) is 51.0 Å². The van der Waals surface area contributed by atoms with Gasteiger partial charge in [-0.05, 0) is 18.9 Å². The molecule has 1 aromatic heterocycles. The van der Waals surface area contributed by atoms with E-state index in [1.54, 1.807) is 14.0 Å². The van der Waals surface area contributed by atoms with Crippen molar-refractivity contribution in [2.24, 2.45) is 5.92 Å².